The van der Waals surface area contributed by atoms with Gasteiger partial charge in [0.2, 0.25) is 0 Å². The van der Waals surface area contributed by atoms with Gasteiger partial charge in [-0.25, -0.2) is 0 Å². The van der Waals surface area contributed by atoms with Crippen LogP contribution in [0.25, 0.3) is 0 Å². The van der Waals surface area contributed by atoms with Crippen molar-refractivity contribution in [1.82, 2.24) is 9.78 Å². The quantitative estimate of drug-likeness (QED) is 0.803. The summed E-state index contributed by atoms with van der Waals surface area (Å²) in [6.45, 7) is 0.505. The lowest BCUT2D eigenvalue weighted by atomic mass is 10.2. The molecule has 0 aliphatic rings. The number of benzene rings is 1. The van der Waals surface area contributed by atoms with E-state index in [2.05, 4.69) is 11.2 Å². The SMILES string of the molecule is Cn1cc(COc2ccc(CC#N)cc2)cn1. The van der Waals surface area contributed by atoms with Crippen molar-refractivity contribution in [1.29, 1.82) is 5.26 Å². The molecule has 1 aromatic carbocycles. The Morgan fingerprint density at radius 2 is 2.06 bits per heavy atom. The molecular formula is C13H13N3O. The van der Waals surface area contributed by atoms with Crippen molar-refractivity contribution in [3.63, 3.8) is 0 Å². The van der Waals surface area contributed by atoms with Crippen LogP contribution in [0.2, 0.25) is 0 Å². The molecule has 86 valence electrons. The van der Waals surface area contributed by atoms with Crippen LogP contribution >= 0.6 is 0 Å². The molecule has 0 N–H and O–H groups in total. The molecule has 0 unspecified atom stereocenters. The molecule has 4 heteroatoms. The molecule has 4 nitrogen and oxygen atoms in total. The summed E-state index contributed by atoms with van der Waals surface area (Å²) in [6, 6.07) is 9.68. The average Bonchev–Trinajstić information content (AvgIpc) is 2.75. The molecule has 1 heterocycles. The highest BCUT2D eigenvalue weighted by molar-refractivity contribution is 5.28. The second kappa shape index (κ2) is 5.17. The zero-order valence-corrected chi connectivity index (χ0v) is 9.63. The number of hydrogen-bond donors (Lipinski definition) is 0. The van der Waals surface area contributed by atoms with E-state index in [1.54, 1.807) is 10.9 Å². The zero-order chi connectivity index (χ0) is 12.1. The van der Waals surface area contributed by atoms with E-state index in [1.807, 2.05) is 37.5 Å². The summed E-state index contributed by atoms with van der Waals surface area (Å²) >= 11 is 0. The first-order valence-corrected chi connectivity index (χ1v) is 5.34. The molecule has 0 fully saturated rings. The largest absolute Gasteiger partial charge is 0.489 e. The molecule has 17 heavy (non-hydrogen) atoms. The zero-order valence-electron chi connectivity index (χ0n) is 9.63. The Balaban J connectivity index is 1.93. The minimum absolute atomic E-state index is 0.433. The first-order chi connectivity index (χ1) is 8.28. The maximum atomic E-state index is 8.55. The van der Waals surface area contributed by atoms with Gasteiger partial charge in [-0.2, -0.15) is 10.4 Å². The Labute approximate surface area is 100 Å². The summed E-state index contributed by atoms with van der Waals surface area (Å²) in [5, 5.41) is 12.6. The van der Waals surface area contributed by atoms with E-state index in [0.29, 0.717) is 13.0 Å². The van der Waals surface area contributed by atoms with Crippen LogP contribution in [0.4, 0.5) is 0 Å². The first-order valence-electron chi connectivity index (χ1n) is 5.34. The Hall–Kier alpha value is -2.28. The monoisotopic (exact) mass is 227 g/mol. The van der Waals surface area contributed by atoms with Crippen molar-refractivity contribution in [2.24, 2.45) is 7.05 Å². The van der Waals surface area contributed by atoms with Crippen LogP contribution in [0.15, 0.2) is 36.7 Å². The van der Waals surface area contributed by atoms with Gasteiger partial charge in [0.15, 0.2) is 0 Å². The van der Waals surface area contributed by atoms with Crippen LogP contribution in [0.3, 0.4) is 0 Å². The smallest absolute Gasteiger partial charge is 0.119 e. The van der Waals surface area contributed by atoms with Crippen LogP contribution in [-0.2, 0) is 20.1 Å². The van der Waals surface area contributed by atoms with Gasteiger partial charge in [0, 0.05) is 18.8 Å². The third kappa shape index (κ3) is 3.08. The first kappa shape index (κ1) is 11.2. The van der Waals surface area contributed by atoms with E-state index >= 15 is 0 Å². The normalized spacial score (nSPS) is 9.88. The second-order valence-electron chi connectivity index (χ2n) is 3.79. The average molecular weight is 227 g/mol. The van der Waals surface area contributed by atoms with Gasteiger partial charge in [-0.1, -0.05) is 12.1 Å². The third-order valence-electron chi connectivity index (χ3n) is 2.37. The van der Waals surface area contributed by atoms with E-state index in [-0.39, 0.29) is 0 Å². The lowest BCUT2D eigenvalue weighted by Crippen LogP contribution is -1.94. The molecule has 2 aromatic rings. The highest BCUT2D eigenvalue weighted by Crippen LogP contribution is 2.14. The van der Waals surface area contributed by atoms with E-state index in [0.717, 1.165) is 16.9 Å². The Bertz CT molecular complexity index is 522. The fraction of sp³-hybridized carbons (Fsp3) is 0.231. The lowest BCUT2D eigenvalue weighted by Gasteiger charge is -2.04. The van der Waals surface area contributed by atoms with Crippen molar-refractivity contribution >= 4 is 0 Å². The summed E-state index contributed by atoms with van der Waals surface area (Å²) in [4.78, 5) is 0. The predicted molar refractivity (Wildman–Crippen MR) is 63.3 cm³/mol. The highest BCUT2D eigenvalue weighted by atomic mass is 16.5. The van der Waals surface area contributed by atoms with Gasteiger partial charge < -0.3 is 4.74 Å². The maximum Gasteiger partial charge on any atom is 0.119 e. The van der Waals surface area contributed by atoms with Gasteiger partial charge in [-0.05, 0) is 17.7 Å². The second-order valence-corrected chi connectivity index (χ2v) is 3.79. The maximum absolute atomic E-state index is 8.55. The third-order valence-corrected chi connectivity index (χ3v) is 2.37. The van der Waals surface area contributed by atoms with Crippen LogP contribution < -0.4 is 4.74 Å². The minimum atomic E-state index is 0.433. The van der Waals surface area contributed by atoms with Gasteiger partial charge in [0.25, 0.3) is 0 Å². The summed E-state index contributed by atoms with van der Waals surface area (Å²) in [5.41, 5.74) is 2.04. The van der Waals surface area contributed by atoms with Crippen LogP contribution in [0.5, 0.6) is 5.75 Å². The number of rotatable bonds is 4. The molecule has 0 amide bonds. The van der Waals surface area contributed by atoms with E-state index in [1.165, 1.54) is 0 Å². The molecule has 0 radical (unpaired) electrons. The fourth-order valence-corrected chi connectivity index (χ4v) is 1.51. The topological polar surface area (TPSA) is 50.8 Å². The molecule has 0 saturated heterocycles. The molecule has 0 spiro atoms. The van der Waals surface area contributed by atoms with E-state index < -0.39 is 0 Å². The molecule has 0 atom stereocenters. The van der Waals surface area contributed by atoms with Crippen molar-refractivity contribution < 1.29 is 4.74 Å². The molecule has 1 aromatic heterocycles. The van der Waals surface area contributed by atoms with Crippen molar-refractivity contribution in [2.45, 2.75) is 13.0 Å². The molecule has 0 bridgehead atoms. The van der Waals surface area contributed by atoms with Crippen molar-refractivity contribution in [3.05, 3.63) is 47.8 Å². The van der Waals surface area contributed by atoms with Gasteiger partial charge in [0.1, 0.15) is 12.4 Å². The molecule has 2 rings (SSSR count). The van der Waals surface area contributed by atoms with E-state index in [9.17, 15) is 0 Å². The van der Waals surface area contributed by atoms with Crippen molar-refractivity contribution in [2.75, 3.05) is 0 Å². The number of hydrogen-bond acceptors (Lipinski definition) is 3. The fourth-order valence-electron chi connectivity index (χ4n) is 1.51. The summed E-state index contributed by atoms with van der Waals surface area (Å²) < 4.78 is 7.35. The number of aromatic nitrogens is 2. The number of nitriles is 1. The lowest BCUT2D eigenvalue weighted by molar-refractivity contribution is 0.306. The Morgan fingerprint density at radius 1 is 1.29 bits per heavy atom. The number of aryl methyl sites for hydroxylation is 1. The van der Waals surface area contributed by atoms with Crippen molar-refractivity contribution in [3.8, 4) is 11.8 Å². The summed E-state index contributed by atoms with van der Waals surface area (Å²) in [7, 11) is 1.88. The predicted octanol–water partition coefficient (Wildman–Crippen LogP) is 2.07. The number of nitrogens with zero attached hydrogens (tertiary/aromatic N) is 3. The Kier molecular flexibility index (Phi) is 3.41. The van der Waals surface area contributed by atoms with Crippen LogP contribution in [0.1, 0.15) is 11.1 Å². The standard InChI is InChI=1S/C13H13N3O/c1-16-9-12(8-15-16)10-17-13-4-2-11(3-5-13)6-7-14/h2-5,8-9H,6,10H2,1H3. The van der Waals surface area contributed by atoms with Crippen LogP contribution in [0, 0.1) is 11.3 Å². The highest BCUT2D eigenvalue weighted by Gasteiger charge is 1.98. The minimum Gasteiger partial charge on any atom is -0.489 e. The van der Waals surface area contributed by atoms with Crippen LogP contribution in [-0.4, -0.2) is 9.78 Å². The molecular weight excluding hydrogens is 214 g/mol. The van der Waals surface area contributed by atoms with E-state index in [4.69, 9.17) is 10.00 Å². The number of ether oxygens (including phenoxy) is 1. The molecule has 0 saturated carbocycles. The van der Waals surface area contributed by atoms with Gasteiger partial charge in [-0.15, -0.1) is 0 Å². The van der Waals surface area contributed by atoms with Gasteiger partial charge in [0.05, 0.1) is 18.7 Å². The van der Waals surface area contributed by atoms with Gasteiger partial charge in [-0.3, -0.25) is 4.68 Å². The summed E-state index contributed by atoms with van der Waals surface area (Å²) in [5.74, 6) is 0.801. The molecule has 0 aliphatic heterocycles. The Morgan fingerprint density at radius 3 is 2.65 bits per heavy atom. The van der Waals surface area contributed by atoms with Gasteiger partial charge >= 0.3 is 0 Å². The summed E-state index contributed by atoms with van der Waals surface area (Å²) in [6.07, 6.45) is 4.14. The molecule has 0 aliphatic carbocycles.